The highest BCUT2D eigenvalue weighted by atomic mass is 14.9. The van der Waals surface area contributed by atoms with Crippen molar-refractivity contribution < 1.29 is 0 Å². The van der Waals surface area contributed by atoms with Gasteiger partial charge in [-0.15, -0.1) is 0 Å². The standard InChI is InChI=1S/C16H27N/c1-5-13(6-2)12-16(17-4)15-10-8-14(7-3)9-11-15/h8-11,13,16-17H,5-7,12H2,1-4H3. The molecule has 0 aliphatic carbocycles. The third kappa shape index (κ3) is 4.16. The van der Waals surface area contributed by atoms with Gasteiger partial charge in [0.2, 0.25) is 0 Å². The van der Waals surface area contributed by atoms with Crippen molar-refractivity contribution in [3.8, 4) is 0 Å². The Balaban J connectivity index is 2.71. The predicted octanol–water partition coefficient (Wildman–Crippen LogP) is 4.34. The van der Waals surface area contributed by atoms with Gasteiger partial charge in [-0.3, -0.25) is 0 Å². The molecule has 1 unspecified atom stereocenters. The number of hydrogen-bond donors (Lipinski definition) is 1. The summed E-state index contributed by atoms with van der Waals surface area (Å²) in [5, 5.41) is 3.45. The zero-order chi connectivity index (χ0) is 12.7. The quantitative estimate of drug-likeness (QED) is 0.739. The van der Waals surface area contributed by atoms with Crippen LogP contribution in [0.4, 0.5) is 0 Å². The smallest absolute Gasteiger partial charge is 0.0320 e. The van der Waals surface area contributed by atoms with Crippen LogP contribution in [-0.4, -0.2) is 7.05 Å². The van der Waals surface area contributed by atoms with Gasteiger partial charge >= 0.3 is 0 Å². The van der Waals surface area contributed by atoms with E-state index < -0.39 is 0 Å². The molecule has 0 aliphatic heterocycles. The van der Waals surface area contributed by atoms with E-state index >= 15 is 0 Å². The van der Waals surface area contributed by atoms with E-state index in [2.05, 4.69) is 57.4 Å². The number of benzene rings is 1. The van der Waals surface area contributed by atoms with E-state index in [9.17, 15) is 0 Å². The maximum absolute atomic E-state index is 3.45. The Morgan fingerprint density at radius 2 is 1.59 bits per heavy atom. The van der Waals surface area contributed by atoms with Crippen LogP contribution in [0.15, 0.2) is 24.3 Å². The molecular weight excluding hydrogens is 206 g/mol. The van der Waals surface area contributed by atoms with Crippen LogP contribution in [0, 0.1) is 5.92 Å². The first-order valence-corrected chi connectivity index (χ1v) is 7.01. The lowest BCUT2D eigenvalue weighted by atomic mass is 9.91. The molecule has 0 spiro atoms. The van der Waals surface area contributed by atoms with Gasteiger partial charge < -0.3 is 5.32 Å². The van der Waals surface area contributed by atoms with Crippen molar-refractivity contribution in [1.82, 2.24) is 5.32 Å². The molecule has 0 radical (unpaired) electrons. The van der Waals surface area contributed by atoms with Gasteiger partial charge in [-0.1, -0.05) is 57.9 Å². The van der Waals surface area contributed by atoms with Gasteiger partial charge in [0, 0.05) is 6.04 Å². The summed E-state index contributed by atoms with van der Waals surface area (Å²) in [6.07, 6.45) is 4.93. The van der Waals surface area contributed by atoms with E-state index in [0.717, 1.165) is 12.3 Å². The Kier molecular flexibility index (Phi) is 6.28. The lowest BCUT2D eigenvalue weighted by Crippen LogP contribution is -2.19. The Hall–Kier alpha value is -0.820. The monoisotopic (exact) mass is 233 g/mol. The SMILES string of the molecule is CCc1ccc(C(CC(CC)CC)NC)cc1. The van der Waals surface area contributed by atoms with E-state index in [1.54, 1.807) is 0 Å². The van der Waals surface area contributed by atoms with Crippen molar-refractivity contribution in [3.05, 3.63) is 35.4 Å². The molecular formula is C16H27N. The fourth-order valence-electron chi connectivity index (χ4n) is 2.36. The van der Waals surface area contributed by atoms with Crippen molar-refractivity contribution >= 4 is 0 Å². The molecule has 96 valence electrons. The lowest BCUT2D eigenvalue weighted by Gasteiger charge is -2.22. The number of rotatable bonds is 7. The first-order chi connectivity index (χ1) is 8.24. The van der Waals surface area contributed by atoms with Crippen LogP contribution in [0.25, 0.3) is 0 Å². The summed E-state index contributed by atoms with van der Waals surface area (Å²) in [5.41, 5.74) is 2.85. The van der Waals surface area contributed by atoms with E-state index in [4.69, 9.17) is 0 Å². The van der Waals surface area contributed by atoms with Crippen LogP contribution < -0.4 is 5.32 Å². The Labute approximate surface area is 107 Å². The fourth-order valence-corrected chi connectivity index (χ4v) is 2.36. The number of aryl methyl sites for hydroxylation is 1. The summed E-state index contributed by atoms with van der Waals surface area (Å²) in [6, 6.07) is 9.58. The molecule has 0 amide bonds. The molecule has 1 atom stereocenters. The molecule has 1 heteroatoms. The summed E-state index contributed by atoms with van der Waals surface area (Å²) in [5.74, 6) is 0.832. The summed E-state index contributed by atoms with van der Waals surface area (Å²) in [4.78, 5) is 0. The second-order valence-electron chi connectivity index (χ2n) is 4.85. The van der Waals surface area contributed by atoms with Gasteiger partial charge in [0.1, 0.15) is 0 Å². The molecule has 1 aromatic carbocycles. The van der Waals surface area contributed by atoms with Crippen LogP contribution in [-0.2, 0) is 6.42 Å². The first kappa shape index (κ1) is 14.2. The fraction of sp³-hybridized carbons (Fsp3) is 0.625. The van der Waals surface area contributed by atoms with Gasteiger partial charge in [0.05, 0.1) is 0 Å². The van der Waals surface area contributed by atoms with Gasteiger partial charge in [-0.25, -0.2) is 0 Å². The molecule has 1 N–H and O–H groups in total. The minimum absolute atomic E-state index is 0.505. The highest BCUT2D eigenvalue weighted by molar-refractivity contribution is 5.25. The third-order valence-electron chi connectivity index (χ3n) is 3.86. The first-order valence-electron chi connectivity index (χ1n) is 7.01. The van der Waals surface area contributed by atoms with Crippen LogP contribution >= 0.6 is 0 Å². The molecule has 0 heterocycles. The van der Waals surface area contributed by atoms with Gasteiger partial charge in [0.25, 0.3) is 0 Å². The van der Waals surface area contributed by atoms with E-state index in [-0.39, 0.29) is 0 Å². The lowest BCUT2D eigenvalue weighted by molar-refractivity contribution is 0.385. The highest BCUT2D eigenvalue weighted by Crippen LogP contribution is 2.25. The van der Waals surface area contributed by atoms with Crippen LogP contribution in [0.5, 0.6) is 0 Å². The summed E-state index contributed by atoms with van der Waals surface area (Å²) in [6.45, 7) is 6.79. The van der Waals surface area contributed by atoms with Crippen molar-refractivity contribution in [2.24, 2.45) is 5.92 Å². The normalized spacial score (nSPS) is 13.0. The predicted molar refractivity (Wildman–Crippen MR) is 76.3 cm³/mol. The number of nitrogens with one attached hydrogen (secondary N) is 1. The molecule has 0 saturated heterocycles. The summed E-state index contributed by atoms with van der Waals surface area (Å²) in [7, 11) is 2.07. The molecule has 0 saturated carbocycles. The molecule has 1 nitrogen and oxygen atoms in total. The van der Waals surface area contributed by atoms with Gasteiger partial charge in [-0.05, 0) is 36.9 Å². The van der Waals surface area contributed by atoms with Crippen molar-refractivity contribution in [2.45, 2.75) is 52.5 Å². The third-order valence-corrected chi connectivity index (χ3v) is 3.86. The van der Waals surface area contributed by atoms with Crippen molar-refractivity contribution in [3.63, 3.8) is 0 Å². The Morgan fingerprint density at radius 1 is 1.00 bits per heavy atom. The van der Waals surface area contributed by atoms with Crippen LogP contribution in [0.1, 0.15) is 57.2 Å². The molecule has 17 heavy (non-hydrogen) atoms. The van der Waals surface area contributed by atoms with Crippen molar-refractivity contribution in [2.75, 3.05) is 7.05 Å². The second-order valence-corrected chi connectivity index (χ2v) is 4.85. The van der Waals surface area contributed by atoms with E-state index in [1.807, 2.05) is 0 Å². The van der Waals surface area contributed by atoms with Gasteiger partial charge in [0.15, 0.2) is 0 Å². The van der Waals surface area contributed by atoms with E-state index in [1.165, 1.54) is 30.4 Å². The van der Waals surface area contributed by atoms with Gasteiger partial charge in [-0.2, -0.15) is 0 Å². The minimum Gasteiger partial charge on any atom is -0.313 e. The molecule has 1 rings (SSSR count). The molecule has 1 aromatic rings. The average Bonchev–Trinajstić information content (AvgIpc) is 2.40. The zero-order valence-corrected chi connectivity index (χ0v) is 11.8. The summed E-state index contributed by atoms with van der Waals surface area (Å²) >= 11 is 0. The summed E-state index contributed by atoms with van der Waals surface area (Å²) < 4.78 is 0. The maximum atomic E-state index is 3.45. The average molecular weight is 233 g/mol. The molecule has 0 aliphatic rings. The number of hydrogen-bond acceptors (Lipinski definition) is 1. The second kappa shape index (κ2) is 7.50. The van der Waals surface area contributed by atoms with Crippen molar-refractivity contribution in [1.29, 1.82) is 0 Å². The molecule has 0 bridgehead atoms. The molecule has 0 aromatic heterocycles. The highest BCUT2D eigenvalue weighted by Gasteiger charge is 2.14. The largest absolute Gasteiger partial charge is 0.313 e. The molecule has 0 fully saturated rings. The Bertz CT molecular complexity index is 298. The zero-order valence-electron chi connectivity index (χ0n) is 11.8. The minimum atomic E-state index is 0.505. The Morgan fingerprint density at radius 3 is 2.00 bits per heavy atom. The van der Waals surface area contributed by atoms with E-state index in [0.29, 0.717) is 6.04 Å². The van der Waals surface area contributed by atoms with Crippen LogP contribution in [0.2, 0.25) is 0 Å². The maximum Gasteiger partial charge on any atom is 0.0320 e. The topological polar surface area (TPSA) is 12.0 Å². The van der Waals surface area contributed by atoms with Crippen LogP contribution in [0.3, 0.4) is 0 Å².